The second-order valence-corrected chi connectivity index (χ2v) is 8.80. The lowest BCUT2D eigenvalue weighted by molar-refractivity contribution is -0.142. The lowest BCUT2D eigenvalue weighted by atomic mass is 9.87. The lowest BCUT2D eigenvalue weighted by Crippen LogP contribution is -2.54. The van der Waals surface area contributed by atoms with Gasteiger partial charge in [0.2, 0.25) is 11.8 Å². The molecule has 12 nitrogen and oxygen atoms in total. The molecule has 1 aromatic carbocycles. The first-order chi connectivity index (χ1) is 16.7. The molecule has 0 saturated heterocycles. The minimum atomic E-state index is -0.896. The number of aromatic nitrogens is 3. The van der Waals surface area contributed by atoms with Gasteiger partial charge in [-0.15, -0.1) is 0 Å². The average Bonchev–Trinajstić information content (AvgIpc) is 3.13. The molecule has 0 atom stereocenters. The molecule has 2 heterocycles. The second kappa shape index (κ2) is 10.1. The Morgan fingerprint density at radius 3 is 2.54 bits per heavy atom. The number of fused-ring (bicyclic) bond motifs is 1. The van der Waals surface area contributed by atoms with Gasteiger partial charge in [-0.2, -0.15) is 5.10 Å². The number of nitrogens with one attached hydrogen (secondary N) is 1. The zero-order valence-corrected chi connectivity index (χ0v) is 20.0. The van der Waals surface area contributed by atoms with Crippen LogP contribution in [0.3, 0.4) is 0 Å². The van der Waals surface area contributed by atoms with E-state index in [0.717, 1.165) is 0 Å². The van der Waals surface area contributed by atoms with Crippen LogP contribution in [0.25, 0.3) is 10.9 Å². The number of nitrogens with zero attached hydrogens (tertiary/aromatic N) is 4. The zero-order chi connectivity index (χ0) is 25.1. The molecule has 5 N–H and O–H groups in total. The molecular formula is C22H22BrN7O5. The quantitative estimate of drug-likeness (QED) is 0.359. The van der Waals surface area contributed by atoms with Gasteiger partial charge in [0.25, 0.3) is 5.91 Å². The fourth-order valence-electron chi connectivity index (χ4n) is 3.94. The van der Waals surface area contributed by atoms with Crippen molar-refractivity contribution in [2.45, 2.75) is 31.5 Å². The van der Waals surface area contributed by atoms with Crippen molar-refractivity contribution in [2.75, 3.05) is 11.9 Å². The summed E-state index contributed by atoms with van der Waals surface area (Å²) in [6, 6.07) is 11.6. The SMILES string of the molecule is NC(=O)OC1CC(N(CC(=O)Nc2cccc(Br)n2)C(=O)Cn2nc(C(N)=O)c3ccccc32)C1. The summed E-state index contributed by atoms with van der Waals surface area (Å²) >= 11 is 3.24. The van der Waals surface area contributed by atoms with Crippen molar-refractivity contribution in [1.29, 1.82) is 0 Å². The summed E-state index contributed by atoms with van der Waals surface area (Å²) in [4.78, 5) is 54.5. The summed E-state index contributed by atoms with van der Waals surface area (Å²) in [7, 11) is 0. The molecule has 1 fully saturated rings. The molecular weight excluding hydrogens is 522 g/mol. The fraction of sp³-hybridized carbons (Fsp3) is 0.273. The number of hydrogen-bond donors (Lipinski definition) is 3. The van der Waals surface area contributed by atoms with Crippen LogP contribution in [0.15, 0.2) is 47.1 Å². The first kappa shape index (κ1) is 24.1. The smallest absolute Gasteiger partial charge is 0.404 e. The predicted octanol–water partition coefficient (Wildman–Crippen LogP) is 1.39. The molecule has 182 valence electrons. The maximum absolute atomic E-state index is 13.4. The van der Waals surface area contributed by atoms with Gasteiger partial charge in [-0.05, 0) is 34.1 Å². The Morgan fingerprint density at radius 2 is 1.86 bits per heavy atom. The number of para-hydroxylation sites is 1. The molecule has 0 radical (unpaired) electrons. The van der Waals surface area contributed by atoms with Crippen LogP contribution in [0, 0.1) is 0 Å². The number of carbonyl (C=O) groups is 4. The Morgan fingerprint density at radius 1 is 1.11 bits per heavy atom. The molecule has 3 aromatic rings. The van der Waals surface area contributed by atoms with Crippen molar-refractivity contribution in [2.24, 2.45) is 11.5 Å². The molecule has 4 rings (SSSR count). The van der Waals surface area contributed by atoms with Gasteiger partial charge in [-0.25, -0.2) is 9.78 Å². The summed E-state index contributed by atoms with van der Waals surface area (Å²) in [5.74, 6) is -1.25. The van der Waals surface area contributed by atoms with Gasteiger partial charge < -0.3 is 26.4 Å². The third-order valence-electron chi connectivity index (χ3n) is 5.59. The number of benzene rings is 1. The number of anilines is 1. The molecule has 0 bridgehead atoms. The van der Waals surface area contributed by atoms with E-state index in [9.17, 15) is 19.2 Å². The van der Waals surface area contributed by atoms with Gasteiger partial charge in [0, 0.05) is 24.3 Å². The number of hydrogen-bond acceptors (Lipinski definition) is 7. The fourth-order valence-corrected chi connectivity index (χ4v) is 4.28. The van der Waals surface area contributed by atoms with E-state index >= 15 is 0 Å². The first-order valence-electron chi connectivity index (χ1n) is 10.6. The van der Waals surface area contributed by atoms with Crippen LogP contribution in [0.1, 0.15) is 23.3 Å². The van der Waals surface area contributed by atoms with E-state index in [2.05, 4.69) is 31.3 Å². The van der Waals surface area contributed by atoms with Crippen LogP contribution >= 0.6 is 15.9 Å². The maximum atomic E-state index is 13.4. The molecule has 13 heteroatoms. The Kier molecular flexibility index (Phi) is 6.96. The van der Waals surface area contributed by atoms with Crippen molar-refractivity contribution in [1.82, 2.24) is 19.7 Å². The van der Waals surface area contributed by atoms with Crippen LogP contribution in [0.2, 0.25) is 0 Å². The highest BCUT2D eigenvalue weighted by Crippen LogP contribution is 2.29. The van der Waals surface area contributed by atoms with Crippen molar-refractivity contribution in [3.63, 3.8) is 0 Å². The highest BCUT2D eigenvalue weighted by molar-refractivity contribution is 9.10. The van der Waals surface area contributed by atoms with Crippen LogP contribution in [0.5, 0.6) is 0 Å². The van der Waals surface area contributed by atoms with Crippen LogP contribution < -0.4 is 16.8 Å². The third kappa shape index (κ3) is 5.57. The lowest BCUT2D eigenvalue weighted by Gasteiger charge is -2.41. The zero-order valence-electron chi connectivity index (χ0n) is 18.4. The minimum Gasteiger partial charge on any atom is -0.446 e. The molecule has 1 aliphatic carbocycles. The number of amides is 4. The van der Waals surface area contributed by atoms with E-state index in [4.69, 9.17) is 16.2 Å². The maximum Gasteiger partial charge on any atom is 0.404 e. The van der Waals surface area contributed by atoms with Crippen molar-refractivity contribution < 1.29 is 23.9 Å². The number of primary amides is 2. The van der Waals surface area contributed by atoms with Gasteiger partial charge in [-0.1, -0.05) is 24.3 Å². The van der Waals surface area contributed by atoms with E-state index in [0.29, 0.717) is 34.2 Å². The summed E-state index contributed by atoms with van der Waals surface area (Å²) < 4.78 is 6.91. The number of pyridine rings is 1. The standard InChI is InChI=1S/C22H22BrN7O5/c23-16-6-3-7-17(26-16)27-18(31)10-29(12-8-13(9-12)35-22(25)34)19(32)11-30-15-5-2-1-4-14(15)20(28-30)21(24)33/h1-7,12-13H,8-11H2,(H2,24,33)(H2,25,34)(H,26,27,31). The highest BCUT2D eigenvalue weighted by atomic mass is 79.9. The van der Waals surface area contributed by atoms with E-state index < -0.39 is 29.9 Å². The molecule has 4 amide bonds. The Hall–Kier alpha value is -4.00. The summed E-state index contributed by atoms with van der Waals surface area (Å²) in [5.41, 5.74) is 11.1. The molecule has 0 aliphatic heterocycles. The van der Waals surface area contributed by atoms with Crippen LogP contribution in [-0.2, 0) is 20.9 Å². The van der Waals surface area contributed by atoms with Gasteiger partial charge in [0.15, 0.2) is 5.69 Å². The first-order valence-corrected chi connectivity index (χ1v) is 11.4. The summed E-state index contributed by atoms with van der Waals surface area (Å²) in [5, 5.41) is 7.41. The van der Waals surface area contributed by atoms with Crippen LogP contribution in [0.4, 0.5) is 10.6 Å². The molecule has 0 unspecified atom stereocenters. The Balaban J connectivity index is 1.53. The van der Waals surface area contributed by atoms with Crippen molar-refractivity contribution >= 4 is 56.5 Å². The minimum absolute atomic E-state index is 0.0528. The number of carbonyl (C=O) groups excluding carboxylic acids is 4. The molecule has 2 aromatic heterocycles. The van der Waals surface area contributed by atoms with E-state index in [1.54, 1.807) is 42.5 Å². The molecule has 35 heavy (non-hydrogen) atoms. The third-order valence-corrected chi connectivity index (χ3v) is 6.03. The Bertz CT molecular complexity index is 1300. The van der Waals surface area contributed by atoms with Gasteiger partial charge in [0.05, 0.1) is 5.52 Å². The second-order valence-electron chi connectivity index (χ2n) is 7.99. The highest BCUT2D eigenvalue weighted by Gasteiger charge is 2.39. The largest absolute Gasteiger partial charge is 0.446 e. The molecule has 0 spiro atoms. The molecule has 1 saturated carbocycles. The average molecular weight is 544 g/mol. The van der Waals surface area contributed by atoms with Gasteiger partial charge >= 0.3 is 6.09 Å². The summed E-state index contributed by atoms with van der Waals surface area (Å²) in [6.45, 7) is -0.489. The van der Waals surface area contributed by atoms with Crippen molar-refractivity contribution in [3.8, 4) is 0 Å². The number of halogens is 1. The topological polar surface area (TPSA) is 176 Å². The van der Waals surface area contributed by atoms with E-state index in [-0.39, 0.29) is 24.8 Å². The van der Waals surface area contributed by atoms with Crippen LogP contribution in [-0.4, -0.2) is 62.2 Å². The number of rotatable bonds is 8. The Labute approximate surface area is 207 Å². The van der Waals surface area contributed by atoms with E-state index in [1.807, 2.05) is 0 Å². The number of ether oxygens (including phenoxy) is 1. The summed E-state index contributed by atoms with van der Waals surface area (Å²) in [6.07, 6.45) is -0.658. The molecule has 1 aliphatic rings. The normalized spacial score (nSPS) is 16.8. The monoisotopic (exact) mass is 543 g/mol. The van der Waals surface area contributed by atoms with E-state index in [1.165, 1.54) is 9.58 Å². The van der Waals surface area contributed by atoms with Crippen molar-refractivity contribution in [3.05, 3.63) is 52.8 Å². The predicted molar refractivity (Wildman–Crippen MR) is 128 cm³/mol. The number of nitrogens with two attached hydrogens (primary N) is 2. The van der Waals surface area contributed by atoms with Gasteiger partial charge in [-0.3, -0.25) is 19.1 Å². The van der Waals surface area contributed by atoms with Gasteiger partial charge in [0.1, 0.15) is 29.6 Å².